The molecule has 1 aliphatic rings. The van der Waals surface area contributed by atoms with Gasteiger partial charge in [-0.3, -0.25) is 0 Å². The number of halogens is 3. The molecule has 0 bridgehead atoms. The van der Waals surface area contributed by atoms with Gasteiger partial charge in [-0.25, -0.2) is 0 Å². The number of hydrogen-bond donors (Lipinski definition) is 2. The Hall–Kier alpha value is -2.59. The summed E-state index contributed by atoms with van der Waals surface area (Å²) in [4.78, 5) is 6.42. The van der Waals surface area contributed by atoms with E-state index in [1.165, 1.54) is 4.57 Å². The molecule has 0 saturated carbocycles. The van der Waals surface area contributed by atoms with Gasteiger partial charge in [0.25, 0.3) is 0 Å². The van der Waals surface area contributed by atoms with Crippen LogP contribution < -0.4 is 11.1 Å². The van der Waals surface area contributed by atoms with Crippen molar-refractivity contribution in [1.82, 2.24) is 19.6 Å². The van der Waals surface area contributed by atoms with Crippen molar-refractivity contribution in [2.75, 3.05) is 25.5 Å². The second-order valence-electron chi connectivity index (χ2n) is 7.96. The topological polar surface area (TPSA) is 85.1 Å². The number of alkyl halides is 3. The predicted octanol–water partition coefficient (Wildman–Crippen LogP) is 3.46. The molecule has 10 heteroatoms. The van der Waals surface area contributed by atoms with Crippen molar-refractivity contribution in [2.45, 2.75) is 38.7 Å². The predicted molar refractivity (Wildman–Crippen MR) is 108 cm³/mol. The molecule has 2 atom stereocenters. The number of piperidine rings is 1. The Morgan fingerprint density at radius 3 is 2.80 bits per heavy atom. The van der Waals surface area contributed by atoms with Crippen molar-refractivity contribution < 1.29 is 17.7 Å². The Balaban J connectivity index is 1.77. The van der Waals surface area contributed by atoms with E-state index in [2.05, 4.69) is 34.3 Å². The van der Waals surface area contributed by atoms with Crippen molar-refractivity contribution in [1.29, 1.82) is 0 Å². The molecule has 1 saturated heterocycles. The lowest BCUT2D eigenvalue weighted by atomic mass is 9.94. The highest BCUT2D eigenvalue weighted by Crippen LogP contribution is 2.35. The van der Waals surface area contributed by atoms with Crippen LogP contribution in [0.1, 0.15) is 19.2 Å². The van der Waals surface area contributed by atoms with Gasteiger partial charge in [-0.15, -0.1) is 0 Å². The smallest absolute Gasteiger partial charge is 0.381 e. The number of anilines is 1. The minimum atomic E-state index is -4.40. The number of fused-ring (bicyclic) bond motifs is 1. The van der Waals surface area contributed by atoms with Crippen LogP contribution in [0.2, 0.25) is 0 Å². The molecule has 7 nitrogen and oxygen atoms in total. The van der Waals surface area contributed by atoms with Crippen molar-refractivity contribution in [3.05, 3.63) is 30.2 Å². The number of benzene rings is 1. The van der Waals surface area contributed by atoms with E-state index in [-0.39, 0.29) is 30.0 Å². The van der Waals surface area contributed by atoms with E-state index in [4.69, 9.17) is 10.3 Å². The van der Waals surface area contributed by atoms with Gasteiger partial charge in [-0.1, -0.05) is 18.1 Å². The van der Waals surface area contributed by atoms with E-state index in [9.17, 15) is 13.2 Å². The lowest BCUT2D eigenvalue weighted by molar-refractivity contribution is -0.139. The third-order valence-electron chi connectivity index (χ3n) is 5.60. The highest BCUT2D eigenvalue weighted by atomic mass is 19.4. The summed E-state index contributed by atoms with van der Waals surface area (Å²) >= 11 is 0. The average molecular weight is 422 g/mol. The first-order valence-electron chi connectivity index (χ1n) is 9.92. The molecule has 0 aliphatic carbocycles. The fourth-order valence-electron chi connectivity index (χ4n) is 4.16. The molecular formula is C20H25F3N6O. The van der Waals surface area contributed by atoms with Gasteiger partial charge in [0, 0.05) is 23.7 Å². The zero-order valence-electron chi connectivity index (χ0n) is 16.9. The maximum atomic E-state index is 13.3. The molecule has 3 N–H and O–H groups in total. The van der Waals surface area contributed by atoms with E-state index >= 15 is 0 Å². The first kappa shape index (κ1) is 20.7. The van der Waals surface area contributed by atoms with Crippen molar-refractivity contribution in [2.24, 2.45) is 11.7 Å². The molecule has 0 radical (unpaired) electrons. The number of likely N-dealkylation sites (tertiary alicyclic amines) is 1. The number of nitrogens with two attached hydrogens (primary N) is 1. The summed E-state index contributed by atoms with van der Waals surface area (Å²) < 4.78 is 46.3. The second kappa shape index (κ2) is 7.92. The van der Waals surface area contributed by atoms with Crippen LogP contribution in [0, 0.1) is 5.92 Å². The normalized spacial score (nSPS) is 20.7. The molecule has 0 amide bonds. The van der Waals surface area contributed by atoms with E-state index < -0.39 is 12.7 Å². The molecule has 30 heavy (non-hydrogen) atoms. The van der Waals surface area contributed by atoms with Crippen LogP contribution in [0.3, 0.4) is 0 Å². The zero-order chi connectivity index (χ0) is 21.5. The first-order valence-corrected chi connectivity index (χ1v) is 9.92. The van der Waals surface area contributed by atoms with E-state index in [0.717, 1.165) is 25.2 Å². The molecular weight excluding hydrogens is 397 g/mol. The summed E-state index contributed by atoms with van der Waals surface area (Å²) in [7, 11) is 2.09. The standard InChI is InChI=1S/C20H25F3N6O/c1-12-10-28(2)7-6-14(12)25-15-4-3-5-16-13(15)8-17(29(16)11-20(21,22)23)19-26-18(9-24)30-27-19/h3-5,8,12,14,25H,6-7,9-11,24H2,1-2H3/t12-,14+/m0/s1. The van der Waals surface area contributed by atoms with Gasteiger partial charge in [0.05, 0.1) is 17.8 Å². The second-order valence-corrected chi connectivity index (χ2v) is 7.96. The number of aromatic nitrogens is 3. The van der Waals surface area contributed by atoms with Crippen molar-refractivity contribution >= 4 is 16.6 Å². The first-order chi connectivity index (χ1) is 14.2. The van der Waals surface area contributed by atoms with Gasteiger partial charge in [-0.2, -0.15) is 18.2 Å². The Kier molecular flexibility index (Phi) is 5.46. The zero-order valence-corrected chi connectivity index (χ0v) is 16.9. The number of hydrogen-bond acceptors (Lipinski definition) is 6. The van der Waals surface area contributed by atoms with E-state index in [1.54, 1.807) is 18.2 Å². The van der Waals surface area contributed by atoms with Gasteiger partial charge < -0.3 is 25.0 Å². The highest BCUT2D eigenvalue weighted by Gasteiger charge is 2.31. The van der Waals surface area contributed by atoms with E-state index in [0.29, 0.717) is 16.8 Å². The SMILES string of the molecule is C[C@H]1CN(C)CC[C@H]1Nc1cccc2c1cc(-c1noc(CN)n1)n2CC(F)(F)F. The van der Waals surface area contributed by atoms with Crippen molar-refractivity contribution in [3.8, 4) is 11.5 Å². The largest absolute Gasteiger partial charge is 0.406 e. The summed E-state index contributed by atoms with van der Waals surface area (Å²) in [5.74, 6) is 0.682. The molecule has 0 unspecified atom stereocenters. The third kappa shape index (κ3) is 4.15. The monoisotopic (exact) mass is 422 g/mol. The highest BCUT2D eigenvalue weighted by molar-refractivity contribution is 5.96. The van der Waals surface area contributed by atoms with Crippen LogP contribution in [-0.2, 0) is 13.1 Å². The lowest BCUT2D eigenvalue weighted by Crippen LogP contribution is -2.43. The Morgan fingerprint density at radius 1 is 1.33 bits per heavy atom. The third-order valence-corrected chi connectivity index (χ3v) is 5.60. The fraction of sp³-hybridized carbons (Fsp3) is 0.500. The summed E-state index contributed by atoms with van der Waals surface area (Å²) in [5.41, 5.74) is 7.03. The van der Waals surface area contributed by atoms with Crippen molar-refractivity contribution in [3.63, 3.8) is 0 Å². The molecule has 2 aromatic heterocycles. The van der Waals surface area contributed by atoms with Gasteiger partial charge >= 0.3 is 6.18 Å². The number of nitrogens with zero attached hydrogens (tertiary/aromatic N) is 4. The van der Waals surface area contributed by atoms with Crippen LogP contribution in [0.25, 0.3) is 22.4 Å². The molecule has 0 spiro atoms. The summed E-state index contributed by atoms with van der Waals surface area (Å²) in [6, 6.07) is 7.28. The quantitative estimate of drug-likeness (QED) is 0.655. The molecule has 1 aliphatic heterocycles. The van der Waals surface area contributed by atoms with Gasteiger partial charge in [0.15, 0.2) is 0 Å². The van der Waals surface area contributed by atoms with Gasteiger partial charge in [-0.05, 0) is 44.1 Å². The molecule has 1 fully saturated rings. The van der Waals surface area contributed by atoms with Gasteiger partial charge in [0.1, 0.15) is 6.54 Å². The van der Waals surface area contributed by atoms with Crippen LogP contribution in [0.15, 0.2) is 28.8 Å². The maximum absolute atomic E-state index is 13.3. The fourth-order valence-corrected chi connectivity index (χ4v) is 4.16. The Morgan fingerprint density at radius 2 is 2.13 bits per heavy atom. The van der Waals surface area contributed by atoms with Crippen LogP contribution in [-0.4, -0.2) is 52.0 Å². The molecule has 3 aromatic rings. The molecule has 162 valence electrons. The minimum absolute atomic E-state index is 0.0212. The molecule has 1 aromatic carbocycles. The summed E-state index contributed by atoms with van der Waals surface area (Å²) in [6.45, 7) is 3.00. The molecule has 4 rings (SSSR count). The Bertz CT molecular complexity index is 1030. The average Bonchev–Trinajstić information content (AvgIpc) is 3.28. The number of nitrogens with one attached hydrogen (secondary N) is 1. The maximum Gasteiger partial charge on any atom is 0.406 e. The van der Waals surface area contributed by atoms with Crippen LogP contribution >= 0.6 is 0 Å². The van der Waals surface area contributed by atoms with E-state index in [1.807, 2.05) is 6.07 Å². The number of rotatable bonds is 5. The Labute approximate surface area is 172 Å². The summed E-state index contributed by atoms with van der Waals surface area (Å²) in [6.07, 6.45) is -3.43. The minimum Gasteiger partial charge on any atom is -0.381 e. The van der Waals surface area contributed by atoms with Gasteiger partial charge in [0.2, 0.25) is 11.7 Å². The molecule has 3 heterocycles. The summed E-state index contributed by atoms with van der Waals surface area (Å²) in [5, 5.41) is 8.08. The van der Waals surface area contributed by atoms with Crippen LogP contribution in [0.4, 0.5) is 18.9 Å². The lowest BCUT2D eigenvalue weighted by Gasteiger charge is -2.36. The van der Waals surface area contributed by atoms with Crippen LogP contribution in [0.5, 0.6) is 0 Å².